The van der Waals surface area contributed by atoms with E-state index < -0.39 is 21.0 Å². The van der Waals surface area contributed by atoms with Crippen molar-refractivity contribution >= 4 is 27.5 Å². The summed E-state index contributed by atoms with van der Waals surface area (Å²) in [5.41, 5.74) is -0.286. The van der Waals surface area contributed by atoms with Gasteiger partial charge < -0.3 is 0 Å². The van der Waals surface area contributed by atoms with Gasteiger partial charge in [0.05, 0.1) is 15.9 Å². The molecule has 9 heteroatoms. The highest BCUT2D eigenvalue weighted by Gasteiger charge is 2.34. The number of rotatable bonds is 3. The summed E-state index contributed by atoms with van der Waals surface area (Å²) in [6, 6.07) is 6.10. The molecule has 1 saturated heterocycles. The van der Waals surface area contributed by atoms with Crippen LogP contribution < -0.4 is 0 Å². The lowest BCUT2D eigenvalue weighted by Crippen LogP contribution is -2.45. The molecule has 7 nitrogen and oxygen atoms in total. The molecular formula is C11H11N3O4S2. The Kier molecular flexibility index (Phi) is 4.27. The molecule has 0 spiro atoms. The fourth-order valence-electron chi connectivity index (χ4n) is 1.87. The van der Waals surface area contributed by atoms with E-state index in [2.05, 4.69) is 0 Å². The third-order valence-corrected chi connectivity index (χ3v) is 5.79. The normalized spacial score (nSPS) is 20.2. The van der Waals surface area contributed by atoms with Gasteiger partial charge in [0, 0.05) is 30.2 Å². The second-order valence-electron chi connectivity index (χ2n) is 4.09. The summed E-state index contributed by atoms with van der Waals surface area (Å²) >= 11 is 1.51. The predicted molar refractivity (Wildman–Crippen MR) is 73.7 cm³/mol. The molecule has 1 aliphatic heterocycles. The van der Waals surface area contributed by atoms with Crippen molar-refractivity contribution in [3.05, 3.63) is 34.4 Å². The summed E-state index contributed by atoms with van der Waals surface area (Å²) in [5.74, 6) is 1.01. The molecule has 1 aromatic carbocycles. The van der Waals surface area contributed by atoms with E-state index in [0.717, 1.165) is 10.4 Å². The van der Waals surface area contributed by atoms with Gasteiger partial charge >= 0.3 is 0 Å². The second kappa shape index (κ2) is 5.78. The molecule has 0 amide bonds. The number of non-ortho nitro benzene ring substituents is 1. The van der Waals surface area contributed by atoms with Crippen LogP contribution in [0.15, 0.2) is 29.2 Å². The van der Waals surface area contributed by atoms with Gasteiger partial charge in [-0.3, -0.25) is 10.1 Å². The molecule has 0 N–H and O–H groups in total. The van der Waals surface area contributed by atoms with Crippen LogP contribution in [0.3, 0.4) is 0 Å². The average molecular weight is 313 g/mol. The Morgan fingerprint density at radius 3 is 2.90 bits per heavy atom. The van der Waals surface area contributed by atoms with Crippen molar-refractivity contribution in [1.82, 2.24) is 4.31 Å². The zero-order valence-electron chi connectivity index (χ0n) is 10.3. The van der Waals surface area contributed by atoms with E-state index in [4.69, 9.17) is 5.26 Å². The van der Waals surface area contributed by atoms with Gasteiger partial charge in [-0.25, -0.2) is 8.42 Å². The molecule has 1 aliphatic rings. The van der Waals surface area contributed by atoms with Crippen molar-refractivity contribution in [2.45, 2.75) is 10.9 Å². The lowest BCUT2D eigenvalue weighted by molar-refractivity contribution is -0.385. The van der Waals surface area contributed by atoms with E-state index in [1.54, 1.807) is 0 Å². The average Bonchev–Trinajstić information content (AvgIpc) is 2.47. The summed E-state index contributed by atoms with van der Waals surface area (Å²) in [5, 5.41) is 19.8. The summed E-state index contributed by atoms with van der Waals surface area (Å²) in [6.45, 7) is 0.230. The number of nitriles is 1. The van der Waals surface area contributed by atoms with E-state index in [0.29, 0.717) is 11.5 Å². The molecule has 0 bridgehead atoms. The first-order valence-corrected chi connectivity index (χ1v) is 8.30. The van der Waals surface area contributed by atoms with Crippen molar-refractivity contribution in [3.63, 3.8) is 0 Å². The molecule has 106 valence electrons. The van der Waals surface area contributed by atoms with Crippen LogP contribution in [0.25, 0.3) is 0 Å². The van der Waals surface area contributed by atoms with E-state index in [9.17, 15) is 18.5 Å². The Morgan fingerprint density at radius 1 is 1.50 bits per heavy atom. The number of hydrogen-bond donors (Lipinski definition) is 0. The van der Waals surface area contributed by atoms with Crippen LogP contribution in [0, 0.1) is 21.4 Å². The van der Waals surface area contributed by atoms with Crippen LogP contribution in [-0.2, 0) is 10.0 Å². The number of hydrogen-bond acceptors (Lipinski definition) is 6. The predicted octanol–water partition coefficient (Wildman–Crippen LogP) is 1.22. The molecule has 0 unspecified atom stereocenters. The zero-order chi connectivity index (χ0) is 14.8. The van der Waals surface area contributed by atoms with Crippen molar-refractivity contribution in [3.8, 4) is 6.07 Å². The highest BCUT2D eigenvalue weighted by molar-refractivity contribution is 7.99. The molecule has 1 aromatic rings. The van der Waals surface area contributed by atoms with Crippen LogP contribution in [0.4, 0.5) is 5.69 Å². The highest BCUT2D eigenvalue weighted by atomic mass is 32.2. The molecule has 1 fully saturated rings. The van der Waals surface area contributed by atoms with Crippen molar-refractivity contribution < 1.29 is 13.3 Å². The maximum atomic E-state index is 12.5. The first-order valence-electron chi connectivity index (χ1n) is 5.70. The summed E-state index contributed by atoms with van der Waals surface area (Å²) in [4.78, 5) is 9.92. The third-order valence-electron chi connectivity index (χ3n) is 2.86. The van der Waals surface area contributed by atoms with Crippen molar-refractivity contribution in [2.75, 3.05) is 18.1 Å². The molecule has 0 aliphatic carbocycles. The number of nitro benzene ring substituents is 1. The fraction of sp³-hybridized carbons (Fsp3) is 0.364. The van der Waals surface area contributed by atoms with Gasteiger partial charge in [0.2, 0.25) is 10.0 Å². The third kappa shape index (κ3) is 2.77. The van der Waals surface area contributed by atoms with Crippen LogP contribution in [0.2, 0.25) is 0 Å². The van der Waals surface area contributed by atoms with Gasteiger partial charge in [-0.2, -0.15) is 21.3 Å². The largest absolute Gasteiger partial charge is 0.270 e. The summed E-state index contributed by atoms with van der Waals surface area (Å²) in [7, 11) is -3.89. The minimum absolute atomic E-state index is 0.154. The Labute approximate surface area is 120 Å². The smallest absolute Gasteiger partial charge is 0.258 e. The van der Waals surface area contributed by atoms with Crippen LogP contribution in [0.1, 0.15) is 0 Å². The van der Waals surface area contributed by atoms with E-state index >= 15 is 0 Å². The number of sulfonamides is 1. The quantitative estimate of drug-likeness (QED) is 0.614. The number of benzene rings is 1. The highest BCUT2D eigenvalue weighted by Crippen LogP contribution is 2.26. The molecule has 1 heterocycles. The molecule has 20 heavy (non-hydrogen) atoms. The maximum absolute atomic E-state index is 12.5. The number of nitro groups is 1. The molecular weight excluding hydrogens is 302 g/mol. The van der Waals surface area contributed by atoms with Gasteiger partial charge in [-0.05, 0) is 6.07 Å². The first-order chi connectivity index (χ1) is 9.46. The zero-order valence-corrected chi connectivity index (χ0v) is 11.9. The van der Waals surface area contributed by atoms with Crippen LogP contribution in [-0.4, -0.2) is 41.7 Å². The summed E-state index contributed by atoms with van der Waals surface area (Å²) in [6.07, 6.45) is 0. The van der Waals surface area contributed by atoms with Crippen molar-refractivity contribution in [2.24, 2.45) is 0 Å². The van der Waals surface area contributed by atoms with Gasteiger partial charge in [0.25, 0.3) is 5.69 Å². The maximum Gasteiger partial charge on any atom is 0.270 e. The minimum atomic E-state index is -3.89. The van der Waals surface area contributed by atoms with Crippen molar-refractivity contribution in [1.29, 1.82) is 5.26 Å². The van der Waals surface area contributed by atoms with Gasteiger partial charge in [0.15, 0.2) is 0 Å². The fourth-order valence-corrected chi connectivity index (χ4v) is 4.63. The molecule has 0 saturated carbocycles. The standard InChI is InChI=1S/C11H11N3O4S2/c12-7-10-8-19-5-4-13(10)20(17,18)11-3-1-2-9(6-11)14(15)16/h1-3,6,10H,4-5,8H2/t10-/m1/s1. The van der Waals surface area contributed by atoms with Crippen LogP contribution in [0.5, 0.6) is 0 Å². The lowest BCUT2D eigenvalue weighted by atomic mass is 10.3. The Bertz CT molecular complexity index is 668. The molecule has 1 atom stereocenters. The Hall–Kier alpha value is -1.63. The monoisotopic (exact) mass is 313 g/mol. The second-order valence-corrected chi connectivity index (χ2v) is 7.13. The first kappa shape index (κ1) is 14.8. The minimum Gasteiger partial charge on any atom is -0.258 e. The van der Waals surface area contributed by atoms with E-state index in [1.165, 1.54) is 30.0 Å². The topological polar surface area (TPSA) is 104 Å². The van der Waals surface area contributed by atoms with Gasteiger partial charge in [-0.1, -0.05) is 6.07 Å². The molecule has 2 rings (SSSR count). The van der Waals surface area contributed by atoms with Gasteiger partial charge in [0.1, 0.15) is 6.04 Å². The lowest BCUT2D eigenvalue weighted by Gasteiger charge is -2.29. The Balaban J connectivity index is 2.42. The molecule has 0 aromatic heterocycles. The molecule has 0 radical (unpaired) electrons. The number of nitrogens with zero attached hydrogens (tertiary/aromatic N) is 3. The Morgan fingerprint density at radius 2 is 2.25 bits per heavy atom. The van der Waals surface area contributed by atoms with Crippen LogP contribution >= 0.6 is 11.8 Å². The van der Waals surface area contributed by atoms with E-state index in [1.807, 2.05) is 6.07 Å². The summed E-state index contributed by atoms with van der Waals surface area (Å²) < 4.78 is 26.1. The van der Waals surface area contributed by atoms with Gasteiger partial charge in [-0.15, -0.1) is 0 Å². The van der Waals surface area contributed by atoms with E-state index in [-0.39, 0.29) is 17.1 Å². The SMILES string of the molecule is N#C[C@@H]1CSCCN1S(=O)(=O)c1cccc([N+](=O)[O-])c1. The number of thioether (sulfide) groups is 1.